The summed E-state index contributed by atoms with van der Waals surface area (Å²) in [6.07, 6.45) is 0. The Hall–Kier alpha value is 0.280. The summed E-state index contributed by atoms with van der Waals surface area (Å²) < 4.78 is 0. The van der Waals surface area contributed by atoms with Crippen LogP contribution < -0.4 is 0 Å². The van der Waals surface area contributed by atoms with Crippen molar-refractivity contribution in [2.24, 2.45) is 0 Å². The Morgan fingerprint density at radius 3 is 1.78 bits per heavy atom. The van der Waals surface area contributed by atoms with Gasteiger partial charge in [-0.25, -0.2) is 0 Å². The fourth-order valence-corrected chi connectivity index (χ4v) is 1.79. The molecule has 0 atom stereocenters. The monoisotopic (exact) mass is 180 g/mol. The van der Waals surface area contributed by atoms with E-state index >= 15 is 0 Å². The summed E-state index contributed by atoms with van der Waals surface area (Å²) in [4.78, 5) is 2.37. The van der Waals surface area contributed by atoms with Crippen molar-refractivity contribution in [3.05, 3.63) is 21.9 Å². The first kappa shape index (κ1) is 7.39. The van der Waals surface area contributed by atoms with Crippen LogP contribution in [0.3, 0.4) is 0 Å². The maximum atomic E-state index is 5.56. The molecule has 0 aliphatic carbocycles. The highest BCUT2D eigenvalue weighted by Crippen LogP contribution is 2.19. The van der Waals surface area contributed by atoms with Gasteiger partial charge in [0.1, 0.15) is 0 Å². The van der Waals surface area contributed by atoms with Crippen LogP contribution in [0.1, 0.15) is 9.75 Å². The van der Waals surface area contributed by atoms with Gasteiger partial charge in [-0.15, -0.1) is 34.5 Å². The van der Waals surface area contributed by atoms with Crippen LogP contribution in [0.4, 0.5) is 0 Å². The SMILES string of the molecule is ClCc1ccc(CCl)s1. The van der Waals surface area contributed by atoms with Crippen molar-refractivity contribution in [2.45, 2.75) is 11.8 Å². The van der Waals surface area contributed by atoms with E-state index in [1.54, 1.807) is 11.3 Å². The zero-order valence-corrected chi connectivity index (χ0v) is 7.06. The van der Waals surface area contributed by atoms with Crippen LogP contribution in [0.2, 0.25) is 0 Å². The summed E-state index contributed by atoms with van der Waals surface area (Å²) in [5.74, 6) is 1.20. The lowest BCUT2D eigenvalue weighted by Gasteiger charge is -1.81. The molecule has 9 heavy (non-hydrogen) atoms. The Morgan fingerprint density at radius 1 is 1.11 bits per heavy atom. The minimum absolute atomic E-state index is 0.599. The van der Waals surface area contributed by atoms with Gasteiger partial charge in [-0.1, -0.05) is 0 Å². The molecule has 50 valence electrons. The van der Waals surface area contributed by atoms with Crippen LogP contribution in [0.15, 0.2) is 12.1 Å². The third-order valence-electron chi connectivity index (χ3n) is 0.981. The third kappa shape index (κ3) is 1.85. The first-order valence-corrected chi connectivity index (χ1v) is 4.45. The van der Waals surface area contributed by atoms with Crippen molar-refractivity contribution in [1.82, 2.24) is 0 Å². The predicted molar refractivity (Wildman–Crippen MR) is 43.4 cm³/mol. The van der Waals surface area contributed by atoms with Gasteiger partial charge in [-0.2, -0.15) is 0 Å². The van der Waals surface area contributed by atoms with E-state index in [9.17, 15) is 0 Å². The molecule has 0 unspecified atom stereocenters. The average Bonchev–Trinajstić information content (AvgIpc) is 2.34. The van der Waals surface area contributed by atoms with E-state index in [1.807, 2.05) is 12.1 Å². The molecule has 0 saturated carbocycles. The molecule has 0 spiro atoms. The van der Waals surface area contributed by atoms with Gasteiger partial charge >= 0.3 is 0 Å². The van der Waals surface area contributed by atoms with Crippen LogP contribution in [-0.2, 0) is 11.8 Å². The second-order valence-electron chi connectivity index (χ2n) is 1.64. The normalized spacial score (nSPS) is 10.0. The Morgan fingerprint density at radius 2 is 1.56 bits per heavy atom. The topological polar surface area (TPSA) is 0 Å². The fraction of sp³-hybridized carbons (Fsp3) is 0.333. The molecule has 0 bridgehead atoms. The predicted octanol–water partition coefficient (Wildman–Crippen LogP) is 3.23. The second-order valence-corrected chi connectivity index (χ2v) is 3.42. The van der Waals surface area contributed by atoms with Gasteiger partial charge in [-0.05, 0) is 12.1 Å². The molecule has 0 amide bonds. The van der Waals surface area contributed by atoms with Gasteiger partial charge < -0.3 is 0 Å². The highest BCUT2D eigenvalue weighted by Gasteiger charge is 1.95. The van der Waals surface area contributed by atoms with Crippen LogP contribution >= 0.6 is 34.5 Å². The number of thiophene rings is 1. The second kappa shape index (κ2) is 3.45. The zero-order valence-electron chi connectivity index (χ0n) is 4.73. The molecule has 0 saturated heterocycles. The van der Waals surface area contributed by atoms with Crippen LogP contribution in [0, 0.1) is 0 Å². The molecule has 0 N–H and O–H groups in total. The number of rotatable bonds is 2. The van der Waals surface area contributed by atoms with E-state index in [1.165, 1.54) is 9.75 Å². The molecule has 1 heterocycles. The molecule has 0 aliphatic heterocycles. The van der Waals surface area contributed by atoms with E-state index < -0.39 is 0 Å². The van der Waals surface area contributed by atoms with Crippen LogP contribution in [0.25, 0.3) is 0 Å². The molecular weight excluding hydrogens is 175 g/mol. The highest BCUT2D eigenvalue weighted by molar-refractivity contribution is 7.12. The molecule has 0 aliphatic rings. The summed E-state index contributed by atoms with van der Waals surface area (Å²) >= 11 is 12.8. The lowest BCUT2D eigenvalue weighted by atomic mass is 10.5. The first-order valence-electron chi connectivity index (χ1n) is 2.56. The van der Waals surface area contributed by atoms with E-state index in [2.05, 4.69) is 0 Å². The molecule has 0 aromatic carbocycles. The Kier molecular flexibility index (Phi) is 2.83. The van der Waals surface area contributed by atoms with Gasteiger partial charge in [0.25, 0.3) is 0 Å². The Bertz CT molecular complexity index is 164. The summed E-state index contributed by atoms with van der Waals surface area (Å²) in [6, 6.07) is 4.02. The molecular formula is C6H6Cl2S. The average molecular weight is 181 g/mol. The van der Waals surface area contributed by atoms with E-state index in [0.29, 0.717) is 11.8 Å². The molecule has 0 nitrogen and oxygen atoms in total. The minimum atomic E-state index is 0.599. The lowest BCUT2D eigenvalue weighted by Crippen LogP contribution is -1.61. The summed E-state index contributed by atoms with van der Waals surface area (Å²) in [5, 5.41) is 0. The van der Waals surface area contributed by atoms with Gasteiger partial charge in [-0.3, -0.25) is 0 Å². The maximum absolute atomic E-state index is 5.56. The molecule has 0 radical (unpaired) electrons. The molecule has 3 heteroatoms. The molecule has 1 aromatic rings. The lowest BCUT2D eigenvalue weighted by molar-refractivity contribution is 1.51. The standard InChI is InChI=1S/C6H6Cl2S/c7-3-5-1-2-6(4-8)9-5/h1-2H,3-4H2. The van der Waals surface area contributed by atoms with E-state index in [4.69, 9.17) is 23.2 Å². The van der Waals surface area contributed by atoms with Gasteiger partial charge in [0.15, 0.2) is 0 Å². The number of hydrogen-bond acceptors (Lipinski definition) is 1. The van der Waals surface area contributed by atoms with Crippen molar-refractivity contribution in [1.29, 1.82) is 0 Å². The van der Waals surface area contributed by atoms with Gasteiger partial charge in [0.05, 0.1) is 11.8 Å². The van der Waals surface area contributed by atoms with E-state index in [-0.39, 0.29) is 0 Å². The largest absolute Gasteiger partial charge is 0.143 e. The highest BCUT2D eigenvalue weighted by atomic mass is 35.5. The molecule has 0 fully saturated rings. The van der Waals surface area contributed by atoms with Crippen molar-refractivity contribution >= 4 is 34.5 Å². The number of hydrogen-bond donors (Lipinski definition) is 0. The maximum Gasteiger partial charge on any atom is 0.0568 e. The third-order valence-corrected chi connectivity index (χ3v) is 2.96. The number of alkyl halides is 2. The summed E-state index contributed by atoms with van der Waals surface area (Å²) in [5.41, 5.74) is 0. The van der Waals surface area contributed by atoms with Crippen molar-refractivity contribution in [2.75, 3.05) is 0 Å². The van der Waals surface area contributed by atoms with Crippen molar-refractivity contribution in [3.63, 3.8) is 0 Å². The Balaban J connectivity index is 2.74. The van der Waals surface area contributed by atoms with Crippen LogP contribution in [0.5, 0.6) is 0 Å². The molecule has 1 aromatic heterocycles. The Labute approximate surface area is 68.4 Å². The van der Waals surface area contributed by atoms with Gasteiger partial charge in [0.2, 0.25) is 0 Å². The molecule has 1 rings (SSSR count). The number of halogens is 2. The first-order chi connectivity index (χ1) is 4.36. The van der Waals surface area contributed by atoms with E-state index in [0.717, 1.165) is 0 Å². The zero-order chi connectivity index (χ0) is 6.69. The summed E-state index contributed by atoms with van der Waals surface area (Å²) in [7, 11) is 0. The fourth-order valence-electron chi connectivity index (χ4n) is 0.566. The quantitative estimate of drug-likeness (QED) is 0.614. The van der Waals surface area contributed by atoms with Crippen LogP contribution in [-0.4, -0.2) is 0 Å². The van der Waals surface area contributed by atoms with Crippen molar-refractivity contribution < 1.29 is 0 Å². The minimum Gasteiger partial charge on any atom is -0.143 e. The smallest absolute Gasteiger partial charge is 0.0568 e. The van der Waals surface area contributed by atoms with Gasteiger partial charge in [0, 0.05) is 9.75 Å². The summed E-state index contributed by atoms with van der Waals surface area (Å²) in [6.45, 7) is 0. The van der Waals surface area contributed by atoms with Crippen molar-refractivity contribution in [3.8, 4) is 0 Å².